The Kier molecular flexibility index (Phi) is 7.60. The predicted octanol–water partition coefficient (Wildman–Crippen LogP) is 7.76. The monoisotopic (exact) mass is 526 g/mol. The molecule has 2 unspecified atom stereocenters. The molecule has 4 heteroatoms. The van der Waals surface area contributed by atoms with E-state index in [0.29, 0.717) is 5.92 Å². The van der Waals surface area contributed by atoms with E-state index in [0.717, 1.165) is 45.3 Å². The minimum Gasteiger partial charge on any atom is -0.249 e. The Morgan fingerprint density at radius 3 is 1.86 bits per heavy atom. The molecule has 2 aliphatic rings. The third kappa shape index (κ3) is 5.02. The first-order valence-electron chi connectivity index (χ1n) is 13.2. The summed E-state index contributed by atoms with van der Waals surface area (Å²) in [5.74, 6) is 0.515. The summed E-state index contributed by atoms with van der Waals surface area (Å²) >= 11 is 0. The van der Waals surface area contributed by atoms with Crippen molar-refractivity contribution in [3.05, 3.63) is 118 Å². The Balaban J connectivity index is 0.000000152. The molecule has 0 spiro atoms. The lowest BCUT2D eigenvalue weighted by Gasteiger charge is -2.22. The van der Waals surface area contributed by atoms with E-state index in [1.54, 1.807) is 0 Å². The van der Waals surface area contributed by atoms with Crippen molar-refractivity contribution >= 4 is 21.6 Å². The van der Waals surface area contributed by atoms with Gasteiger partial charge in [0, 0.05) is 14.7 Å². The average molecular weight is 527 g/mol. The average Bonchev–Trinajstić information content (AvgIpc) is 2.92. The number of aryl methyl sites for hydroxylation is 2. The zero-order valence-electron chi connectivity index (χ0n) is 22.0. The highest BCUT2D eigenvalue weighted by atomic mass is 32.2. The van der Waals surface area contributed by atoms with Gasteiger partial charge in [-0.15, -0.1) is 0 Å². The van der Waals surface area contributed by atoms with Crippen molar-refractivity contribution in [2.75, 3.05) is 0 Å². The maximum absolute atomic E-state index is 12.8. The first-order valence-corrected chi connectivity index (χ1v) is 15.5. The first kappa shape index (κ1) is 25.8. The summed E-state index contributed by atoms with van der Waals surface area (Å²) in [6, 6.07) is 27.0. The van der Waals surface area contributed by atoms with Crippen molar-refractivity contribution in [2.45, 2.75) is 78.9 Å². The van der Waals surface area contributed by atoms with Crippen LogP contribution in [0.25, 0.3) is 0 Å². The fraction of sp³-hybridized carbons (Fsp3) is 0.273. The highest BCUT2D eigenvalue weighted by Crippen LogP contribution is 2.35. The highest BCUT2D eigenvalue weighted by Gasteiger charge is 2.25. The first-order chi connectivity index (χ1) is 17.9. The Bertz CT molecular complexity index is 1520. The van der Waals surface area contributed by atoms with Crippen molar-refractivity contribution in [1.29, 1.82) is 0 Å². The van der Waals surface area contributed by atoms with Crippen LogP contribution in [0.15, 0.2) is 98.4 Å². The van der Waals surface area contributed by atoms with Gasteiger partial charge >= 0.3 is 0 Å². The molecule has 0 radical (unpaired) electrons. The second kappa shape index (κ2) is 10.9. The zero-order chi connectivity index (χ0) is 26.1. The quantitative estimate of drug-likeness (QED) is 0.236. The number of hydrogen-bond donors (Lipinski definition) is 0. The molecular weight excluding hydrogens is 492 g/mol. The summed E-state index contributed by atoms with van der Waals surface area (Å²) in [6.07, 6.45) is 3.80. The van der Waals surface area contributed by atoms with Gasteiger partial charge in [-0.2, -0.15) is 0 Å². The second-order valence-corrected chi connectivity index (χ2v) is 12.9. The summed E-state index contributed by atoms with van der Waals surface area (Å²) in [6.45, 7) is 8.70. The van der Waals surface area contributed by atoms with Crippen LogP contribution in [-0.4, -0.2) is 8.42 Å². The molecule has 4 aromatic rings. The van der Waals surface area contributed by atoms with Gasteiger partial charge in [0.2, 0.25) is 0 Å². The minimum atomic E-state index is -1.01. The van der Waals surface area contributed by atoms with Crippen LogP contribution < -0.4 is 0 Å². The topological polar surface area (TPSA) is 34.1 Å². The molecule has 190 valence electrons. The van der Waals surface area contributed by atoms with E-state index in [2.05, 4.69) is 64.1 Å². The van der Waals surface area contributed by atoms with Crippen LogP contribution in [0.5, 0.6) is 0 Å². The van der Waals surface area contributed by atoms with Gasteiger partial charge in [0.05, 0.1) is 26.5 Å². The smallest absolute Gasteiger partial charge is 0.0858 e. The fourth-order valence-electron chi connectivity index (χ4n) is 5.24. The Labute approximate surface area is 226 Å². The van der Waals surface area contributed by atoms with E-state index in [-0.39, 0.29) is 0 Å². The van der Waals surface area contributed by atoms with E-state index in [9.17, 15) is 8.42 Å². The van der Waals surface area contributed by atoms with Gasteiger partial charge < -0.3 is 0 Å². The Morgan fingerprint density at radius 1 is 0.649 bits per heavy atom. The molecule has 2 aliphatic heterocycles. The van der Waals surface area contributed by atoms with Crippen molar-refractivity contribution < 1.29 is 8.42 Å². The van der Waals surface area contributed by atoms with Crippen molar-refractivity contribution in [1.82, 2.24) is 0 Å². The largest absolute Gasteiger partial charge is 0.249 e. The van der Waals surface area contributed by atoms with E-state index >= 15 is 0 Å². The number of fused-ring (bicyclic) bond motifs is 4. The van der Waals surface area contributed by atoms with Gasteiger partial charge in [0.15, 0.2) is 0 Å². The third-order valence-corrected chi connectivity index (χ3v) is 10.6. The molecule has 6 rings (SSSR count). The number of rotatable bonds is 3. The third-order valence-electron chi connectivity index (χ3n) is 7.33. The molecular formula is C33H34O2S2. The fourth-order valence-corrected chi connectivity index (χ4v) is 8.23. The SMILES string of the molecule is CC(C)c1ccc2c(c1)Cc1ccccc1S2=O.CCc1cc(CC)c2c(c1)Cc1ccccc1S2=O. The molecule has 0 fully saturated rings. The zero-order valence-corrected chi connectivity index (χ0v) is 23.7. The predicted molar refractivity (Wildman–Crippen MR) is 154 cm³/mol. The molecule has 2 nitrogen and oxygen atoms in total. The highest BCUT2D eigenvalue weighted by molar-refractivity contribution is 7.85. The van der Waals surface area contributed by atoms with E-state index in [4.69, 9.17) is 0 Å². The molecule has 0 aromatic heterocycles. The molecule has 2 atom stereocenters. The minimum absolute atomic E-state index is 0.515. The Morgan fingerprint density at radius 2 is 1.24 bits per heavy atom. The van der Waals surface area contributed by atoms with Crippen molar-refractivity contribution in [3.8, 4) is 0 Å². The lowest BCUT2D eigenvalue weighted by atomic mass is 9.97. The van der Waals surface area contributed by atoms with Crippen LogP contribution >= 0.6 is 0 Å². The molecule has 0 N–H and O–H groups in total. The van der Waals surface area contributed by atoms with Crippen LogP contribution in [-0.2, 0) is 47.3 Å². The maximum Gasteiger partial charge on any atom is 0.0858 e. The number of hydrogen-bond acceptors (Lipinski definition) is 2. The van der Waals surface area contributed by atoms with Crippen LogP contribution in [0.4, 0.5) is 0 Å². The lowest BCUT2D eigenvalue weighted by molar-refractivity contribution is 0.677. The van der Waals surface area contributed by atoms with Crippen molar-refractivity contribution in [3.63, 3.8) is 0 Å². The van der Waals surface area contributed by atoms with E-state index < -0.39 is 21.6 Å². The van der Waals surface area contributed by atoms with Crippen LogP contribution in [0, 0.1) is 0 Å². The molecule has 37 heavy (non-hydrogen) atoms. The summed E-state index contributed by atoms with van der Waals surface area (Å²) in [7, 11) is -2.02. The standard InChI is InChI=1S/C17H18OS.C16H16OS/c1-3-12-9-13(4-2)17-15(10-12)11-14-7-5-6-8-16(14)19(17)18;1-11(2)12-7-8-16-14(9-12)10-13-5-3-4-6-15(13)18(16)17/h5-10H,3-4,11H2,1-2H3;3-9,11H,10H2,1-2H3. The molecule has 0 saturated carbocycles. The van der Waals surface area contributed by atoms with Gasteiger partial charge in [0.1, 0.15) is 0 Å². The van der Waals surface area contributed by atoms with Crippen LogP contribution in [0.1, 0.15) is 72.6 Å². The summed E-state index contributed by atoms with van der Waals surface area (Å²) in [4.78, 5) is 4.02. The molecule has 0 saturated heterocycles. The van der Waals surface area contributed by atoms with Gasteiger partial charge in [0.25, 0.3) is 0 Å². The normalized spacial score (nSPS) is 17.1. The second-order valence-electron chi connectivity index (χ2n) is 10.1. The summed E-state index contributed by atoms with van der Waals surface area (Å²) < 4.78 is 25.3. The van der Waals surface area contributed by atoms with Gasteiger partial charge in [-0.25, -0.2) is 8.42 Å². The van der Waals surface area contributed by atoms with Gasteiger partial charge in [-0.3, -0.25) is 0 Å². The lowest BCUT2D eigenvalue weighted by Crippen LogP contribution is -2.12. The van der Waals surface area contributed by atoms with E-state index in [1.165, 1.54) is 38.9 Å². The molecule has 2 heterocycles. The molecule has 0 amide bonds. The van der Waals surface area contributed by atoms with Crippen molar-refractivity contribution in [2.24, 2.45) is 0 Å². The summed E-state index contributed by atoms with van der Waals surface area (Å²) in [5.41, 5.74) is 8.82. The van der Waals surface area contributed by atoms with E-state index in [1.807, 2.05) is 42.5 Å². The molecule has 4 aromatic carbocycles. The number of benzene rings is 4. The van der Waals surface area contributed by atoms with Gasteiger partial charge in [-0.1, -0.05) is 88.4 Å². The summed E-state index contributed by atoms with van der Waals surface area (Å²) in [5, 5.41) is 0. The van der Waals surface area contributed by atoms with Crippen LogP contribution in [0.2, 0.25) is 0 Å². The molecule has 0 aliphatic carbocycles. The molecule has 0 bridgehead atoms. The Hall–Kier alpha value is -2.82. The van der Waals surface area contributed by atoms with Crippen LogP contribution in [0.3, 0.4) is 0 Å². The van der Waals surface area contributed by atoms with Gasteiger partial charge in [-0.05, 0) is 88.7 Å². The maximum atomic E-state index is 12.8.